The zero-order valence-corrected chi connectivity index (χ0v) is 12.0. The van der Waals surface area contributed by atoms with Gasteiger partial charge in [0, 0.05) is 0 Å². The van der Waals surface area contributed by atoms with Crippen LogP contribution in [0, 0.1) is 0 Å². The lowest BCUT2D eigenvalue weighted by atomic mass is 10.3. The molecule has 0 bridgehead atoms. The summed E-state index contributed by atoms with van der Waals surface area (Å²) in [6.45, 7) is 8.17. The van der Waals surface area contributed by atoms with Crippen LogP contribution < -0.4 is 0 Å². The second-order valence-electron chi connectivity index (χ2n) is 4.10. The summed E-state index contributed by atoms with van der Waals surface area (Å²) in [4.78, 5) is 0. The average Bonchev–Trinajstić information content (AvgIpc) is 1.99. The first-order chi connectivity index (χ1) is 5.96. The van der Waals surface area contributed by atoms with E-state index in [0.29, 0.717) is 0 Å². The second kappa shape index (κ2) is 4.49. The number of hydrogen-bond donors (Lipinski definition) is 0. The maximum Gasteiger partial charge on any atom is 0.188 e. The van der Waals surface area contributed by atoms with E-state index in [0.717, 1.165) is 6.04 Å². The molecule has 0 radical (unpaired) electrons. The molecule has 1 saturated heterocycles. The number of rotatable bonds is 2. The van der Waals surface area contributed by atoms with Crippen molar-refractivity contribution in [2.75, 3.05) is 0 Å². The molecule has 0 N–H and O–H groups in total. The molecule has 3 atom stereocenters. The molecule has 1 nitrogen and oxygen atoms in total. The third-order valence-electron chi connectivity index (χ3n) is 2.26. The Morgan fingerprint density at radius 1 is 1.54 bits per heavy atom. The molecular weight excluding hydrogens is 239 g/mol. The molecule has 3 unspecified atom stereocenters. The van der Waals surface area contributed by atoms with Crippen molar-refractivity contribution < 1.29 is 4.43 Å². The van der Waals surface area contributed by atoms with Gasteiger partial charge in [-0.05, 0) is 19.1 Å². The van der Waals surface area contributed by atoms with E-state index in [4.69, 9.17) is 27.6 Å². The van der Waals surface area contributed by atoms with Gasteiger partial charge in [0.1, 0.15) is 0 Å². The van der Waals surface area contributed by atoms with Crippen LogP contribution in [0.1, 0.15) is 0 Å². The molecule has 13 heavy (non-hydrogen) atoms. The first-order valence-corrected chi connectivity index (χ1v) is 10.2. The Morgan fingerprint density at radius 2 is 2.15 bits per heavy atom. The second-order valence-corrected chi connectivity index (χ2v) is 11.2. The van der Waals surface area contributed by atoms with Crippen LogP contribution in [-0.4, -0.2) is 34.3 Å². The van der Waals surface area contributed by atoms with E-state index in [9.17, 15) is 0 Å². The van der Waals surface area contributed by atoms with E-state index in [1.54, 1.807) is 0 Å². The van der Waals surface area contributed by atoms with Gasteiger partial charge in [0.2, 0.25) is 0 Å². The predicted octanol–water partition coefficient (Wildman–Crippen LogP) is 2.07. The van der Waals surface area contributed by atoms with Crippen molar-refractivity contribution in [2.45, 2.75) is 35.6 Å². The van der Waals surface area contributed by atoms with E-state index < -0.39 is 17.8 Å². The van der Waals surface area contributed by atoms with Crippen LogP contribution in [-0.2, 0) is 4.43 Å². The highest BCUT2D eigenvalue weighted by Crippen LogP contribution is 2.32. The molecule has 1 rings (SSSR count). The van der Waals surface area contributed by atoms with E-state index in [-0.39, 0.29) is 16.5 Å². The number of halogens is 2. The molecule has 1 aliphatic rings. The largest absolute Gasteiger partial charge is 0.416 e. The van der Waals surface area contributed by atoms with Crippen molar-refractivity contribution in [1.82, 2.24) is 0 Å². The number of alkyl halides is 2. The smallest absolute Gasteiger partial charge is 0.188 e. The van der Waals surface area contributed by atoms with E-state index in [1.807, 2.05) is 5.70 Å². The third kappa shape index (κ3) is 3.10. The molecule has 1 heterocycles. The Balaban J connectivity index is 2.66. The van der Waals surface area contributed by atoms with Crippen LogP contribution >= 0.6 is 23.2 Å². The van der Waals surface area contributed by atoms with Gasteiger partial charge in [0.25, 0.3) is 0 Å². The maximum atomic E-state index is 6.19. The Hall–Kier alpha value is 0.714. The maximum absolute atomic E-state index is 6.19. The van der Waals surface area contributed by atoms with Crippen LogP contribution in [0.15, 0.2) is 12.3 Å². The molecule has 0 aromatic carbocycles. The van der Waals surface area contributed by atoms with Gasteiger partial charge in [0.15, 0.2) is 8.32 Å². The van der Waals surface area contributed by atoms with E-state index in [1.165, 1.54) is 0 Å². The Bertz CT molecular complexity index is 199. The molecule has 0 amide bonds. The molecule has 0 aliphatic carbocycles. The van der Waals surface area contributed by atoms with Crippen LogP contribution in [0.5, 0.6) is 0 Å². The lowest BCUT2D eigenvalue weighted by molar-refractivity contribution is 0.239. The zero-order chi connectivity index (χ0) is 10.1. The van der Waals surface area contributed by atoms with Crippen molar-refractivity contribution in [3.63, 3.8) is 0 Å². The highest BCUT2D eigenvalue weighted by atomic mass is 35.5. The minimum Gasteiger partial charge on any atom is -0.416 e. The summed E-state index contributed by atoms with van der Waals surface area (Å²) in [5.41, 5.74) is 2.19. The van der Waals surface area contributed by atoms with Gasteiger partial charge < -0.3 is 4.43 Å². The Morgan fingerprint density at radius 3 is 2.69 bits per heavy atom. The van der Waals surface area contributed by atoms with Gasteiger partial charge >= 0.3 is 0 Å². The normalized spacial score (nSPS) is 39.5. The molecule has 0 saturated carbocycles. The molecule has 0 spiro atoms. The predicted molar refractivity (Wildman–Crippen MR) is 65.2 cm³/mol. The lowest BCUT2D eigenvalue weighted by Crippen LogP contribution is -2.52. The fourth-order valence-electron chi connectivity index (χ4n) is 1.68. The fourth-order valence-corrected chi connectivity index (χ4v) is 8.73. The molecule has 1 aliphatic heterocycles. The molecule has 0 aromatic heterocycles. The molecule has 1 fully saturated rings. The van der Waals surface area contributed by atoms with Crippen molar-refractivity contribution in [3.05, 3.63) is 12.3 Å². The van der Waals surface area contributed by atoms with Gasteiger partial charge in [0.05, 0.1) is 26.0 Å². The fraction of sp³-hybridized carbons (Fsp3) is 0.750. The first-order valence-electron chi connectivity index (χ1n) is 4.53. The Kier molecular flexibility index (Phi) is 4.07. The van der Waals surface area contributed by atoms with Crippen LogP contribution in [0.25, 0.3) is 0 Å². The van der Waals surface area contributed by atoms with Crippen molar-refractivity contribution in [2.24, 2.45) is 0 Å². The lowest BCUT2D eigenvalue weighted by Gasteiger charge is -2.40. The molecular formula is C8H16Cl2OSi2. The van der Waals surface area contributed by atoms with Crippen LogP contribution in [0.3, 0.4) is 0 Å². The quantitative estimate of drug-likeness (QED) is 0.542. The first kappa shape index (κ1) is 11.8. The summed E-state index contributed by atoms with van der Waals surface area (Å²) in [5.74, 6) is 0. The summed E-state index contributed by atoms with van der Waals surface area (Å²) < 4.78 is 6.01. The molecule has 0 aromatic rings. The minimum atomic E-state index is -1.53. The topological polar surface area (TPSA) is 9.23 Å². The highest BCUT2D eigenvalue weighted by Gasteiger charge is 2.41. The van der Waals surface area contributed by atoms with Crippen LogP contribution in [0.4, 0.5) is 0 Å². The van der Waals surface area contributed by atoms with E-state index in [2.05, 4.69) is 19.7 Å². The van der Waals surface area contributed by atoms with Gasteiger partial charge in [-0.1, -0.05) is 0 Å². The van der Waals surface area contributed by atoms with Crippen molar-refractivity contribution in [3.8, 4) is 0 Å². The number of hydrogen-bond acceptors (Lipinski definition) is 1. The standard InChI is InChI=1S/C8H16Cl2OSi2/c1-4-12-8-7(10)6(9)5-13(2,3)11-8/h4,6-8H,1,5,12H2,2-3H3. The van der Waals surface area contributed by atoms with Gasteiger partial charge in [-0.2, -0.15) is 0 Å². The van der Waals surface area contributed by atoms with Gasteiger partial charge in [-0.15, -0.1) is 35.5 Å². The van der Waals surface area contributed by atoms with Gasteiger partial charge in [-0.3, -0.25) is 0 Å². The molecule has 76 valence electrons. The monoisotopic (exact) mass is 254 g/mol. The average molecular weight is 255 g/mol. The Labute approximate surface area is 93.4 Å². The van der Waals surface area contributed by atoms with E-state index >= 15 is 0 Å². The summed E-state index contributed by atoms with van der Waals surface area (Å²) in [6, 6.07) is 0.963. The SMILES string of the molecule is C=C[SiH2]C1O[Si](C)(C)CC(Cl)C1Cl. The minimum absolute atomic E-state index is 0.00754. The highest BCUT2D eigenvalue weighted by molar-refractivity contribution is 6.73. The van der Waals surface area contributed by atoms with Gasteiger partial charge in [-0.25, -0.2) is 0 Å². The van der Waals surface area contributed by atoms with Crippen molar-refractivity contribution >= 4 is 41.0 Å². The van der Waals surface area contributed by atoms with Crippen LogP contribution in [0.2, 0.25) is 19.1 Å². The zero-order valence-electron chi connectivity index (χ0n) is 8.09. The summed E-state index contributed by atoms with van der Waals surface area (Å²) in [5, 5.41) is 0.0846. The van der Waals surface area contributed by atoms with Crippen molar-refractivity contribution in [1.29, 1.82) is 0 Å². The summed E-state index contributed by atoms with van der Waals surface area (Å²) in [7, 11) is -1.94. The molecule has 5 heteroatoms. The summed E-state index contributed by atoms with van der Waals surface area (Å²) in [6.07, 6.45) is 0. The third-order valence-corrected chi connectivity index (χ3v) is 8.12. The summed E-state index contributed by atoms with van der Waals surface area (Å²) >= 11 is 12.4.